The second-order valence-corrected chi connectivity index (χ2v) is 7.68. The van der Waals surface area contributed by atoms with Crippen molar-refractivity contribution in [1.29, 1.82) is 0 Å². The van der Waals surface area contributed by atoms with Crippen LogP contribution in [0.4, 0.5) is 8.78 Å². The molecular formula is C17H14ClF2N3O3. The number of carbonyl (C=O) groups is 3. The van der Waals surface area contributed by atoms with Gasteiger partial charge in [0.05, 0.1) is 5.56 Å². The van der Waals surface area contributed by atoms with E-state index in [4.69, 9.17) is 11.6 Å². The van der Waals surface area contributed by atoms with Gasteiger partial charge < -0.3 is 10.6 Å². The smallest absolute Gasteiger partial charge is 0.321 e. The first kappa shape index (κ1) is 17.1. The molecule has 2 N–H and O–H groups in total. The van der Waals surface area contributed by atoms with Crippen LogP contribution in [0.25, 0.3) is 0 Å². The molecule has 26 heavy (non-hydrogen) atoms. The number of hydrogen-bond donors (Lipinski definition) is 2. The zero-order chi connectivity index (χ0) is 18.9. The van der Waals surface area contributed by atoms with Crippen LogP contribution >= 0.6 is 11.6 Å². The molecule has 5 rings (SSSR count). The number of nitrogens with zero attached hydrogens (tertiary/aromatic N) is 1. The number of ketones is 2. The maximum Gasteiger partial charge on any atom is 0.321 e. The minimum atomic E-state index is -3.44. The van der Waals surface area contributed by atoms with Crippen molar-refractivity contribution in [3.05, 3.63) is 40.3 Å². The third kappa shape index (κ3) is 2.35. The van der Waals surface area contributed by atoms with E-state index in [1.54, 1.807) is 6.07 Å². The van der Waals surface area contributed by atoms with Crippen LogP contribution in [0.5, 0.6) is 0 Å². The van der Waals surface area contributed by atoms with E-state index in [-0.39, 0.29) is 22.0 Å². The third-order valence-corrected chi connectivity index (χ3v) is 5.47. The molecule has 136 valence electrons. The lowest BCUT2D eigenvalue weighted by Gasteiger charge is -2.70. The molecule has 3 fully saturated rings. The zero-order valence-corrected chi connectivity index (χ0v) is 14.4. The van der Waals surface area contributed by atoms with Crippen molar-refractivity contribution in [1.82, 2.24) is 15.6 Å². The molecule has 2 bridgehead atoms. The van der Waals surface area contributed by atoms with Gasteiger partial charge in [0.1, 0.15) is 16.4 Å². The van der Waals surface area contributed by atoms with Crippen molar-refractivity contribution in [2.24, 2.45) is 0 Å². The molecule has 9 heteroatoms. The largest absolute Gasteiger partial charge is 0.375 e. The summed E-state index contributed by atoms with van der Waals surface area (Å²) in [5.74, 6) is -5.72. The van der Waals surface area contributed by atoms with Crippen LogP contribution in [0, 0.1) is 0 Å². The summed E-state index contributed by atoms with van der Waals surface area (Å²) in [6, 6.07) is 3.05. The number of Topliss-reactive ketones (excluding diaryl/α,β-unsaturated/α-hetero) is 2. The summed E-state index contributed by atoms with van der Waals surface area (Å²) in [5.41, 5.74) is -1.03. The summed E-state index contributed by atoms with van der Waals surface area (Å²) in [7, 11) is 0. The Morgan fingerprint density at radius 1 is 1.23 bits per heavy atom. The van der Waals surface area contributed by atoms with Crippen LogP contribution in [-0.2, 0) is 4.79 Å². The van der Waals surface area contributed by atoms with E-state index in [2.05, 4.69) is 15.6 Å². The van der Waals surface area contributed by atoms with Gasteiger partial charge in [-0.3, -0.25) is 19.4 Å². The molecule has 1 aromatic heterocycles. The summed E-state index contributed by atoms with van der Waals surface area (Å²) >= 11 is 6.08. The van der Waals surface area contributed by atoms with Crippen LogP contribution in [0.15, 0.2) is 29.1 Å². The summed E-state index contributed by atoms with van der Waals surface area (Å²) in [6.07, 6.45) is 2.56. The second kappa shape index (κ2) is 5.09. The molecule has 6 nitrogen and oxygen atoms in total. The molecule has 4 aliphatic carbocycles. The van der Waals surface area contributed by atoms with Gasteiger partial charge in [0.25, 0.3) is 5.91 Å². The summed E-state index contributed by atoms with van der Waals surface area (Å²) in [4.78, 5) is 40.3. The Morgan fingerprint density at radius 2 is 1.88 bits per heavy atom. The van der Waals surface area contributed by atoms with Gasteiger partial charge in [-0.25, -0.2) is 0 Å². The lowest BCUT2D eigenvalue weighted by Crippen LogP contribution is -2.83. The van der Waals surface area contributed by atoms with Crippen LogP contribution < -0.4 is 10.6 Å². The number of nitrogens with one attached hydrogen (secondary N) is 2. The number of hydrogen-bond acceptors (Lipinski definition) is 5. The van der Waals surface area contributed by atoms with Gasteiger partial charge in [-0.2, -0.15) is 8.78 Å². The minimum Gasteiger partial charge on any atom is -0.375 e. The highest BCUT2D eigenvalue weighted by molar-refractivity contribution is 6.49. The van der Waals surface area contributed by atoms with Crippen LogP contribution in [0.2, 0.25) is 0 Å². The number of halogens is 3. The number of alkyl halides is 2. The molecule has 3 saturated carbocycles. The molecule has 1 aromatic rings. The molecule has 0 aromatic carbocycles. The van der Waals surface area contributed by atoms with E-state index >= 15 is 0 Å². The fraction of sp³-hybridized carbons (Fsp3) is 0.412. The van der Waals surface area contributed by atoms with Gasteiger partial charge in [0.15, 0.2) is 0 Å². The predicted molar refractivity (Wildman–Crippen MR) is 87.0 cm³/mol. The van der Waals surface area contributed by atoms with Gasteiger partial charge in [-0.05, 0) is 31.4 Å². The van der Waals surface area contributed by atoms with Crippen LogP contribution in [0.1, 0.15) is 47.0 Å². The quantitative estimate of drug-likeness (QED) is 0.832. The van der Waals surface area contributed by atoms with Crippen molar-refractivity contribution in [2.45, 2.75) is 43.2 Å². The Hall–Kier alpha value is -2.35. The number of allylic oxidation sites excluding steroid dienone is 2. The van der Waals surface area contributed by atoms with E-state index in [0.717, 1.165) is 0 Å². The van der Waals surface area contributed by atoms with Crippen LogP contribution in [0.3, 0.4) is 0 Å². The van der Waals surface area contributed by atoms with Gasteiger partial charge in [-0.1, -0.05) is 11.6 Å². The van der Waals surface area contributed by atoms with E-state index in [0.29, 0.717) is 26.2 Å². The lowest BCUT2D eigenvalue weighted by atomic mass is 9.44. The van der Waals surface area contributed by atoms with Gasteiger partial charge in [0, 0.05) is 24.2 Å². The molecule has 0 radical (unpaired) electrons. The average molecular weight is 382 g/mol. The van der Waals surface area contributed by atoms with Gasteiger partial charge in [0.2, 0.25) is 11.6 Å². The SMILES string of the molecule is CC(F)(F)C(=O)NC12CC(NC3=C(Cl)C(=O)c4ncccc4C3=O)(C1)C2. The monoisotopic (exact) mass is 381 g/mol. The summed E-state index contributed by atoms with van der Waals surface area (Å²) in [6.45, 7) is 0.546. The first-order chi connectivity index (χ1) is 12.1. The number of pyridine rings is 1. The molecule has 4 aliphatic rings. The van der Waals surface area contributed by atoms with Crippen molar-refractivity contribution >= 4 is 29.1 Å². The summed E-state index contributed by atoms with van der Waals surface area (Å²) in [5, 5.41) is 5.15. The average Bonchev–Trinajstić information content (AvgIpc) is 2.51. The van der Waals surface area contributed by atoms with Crippen molar-refractivity contribution in [3.8, 4) is 0 Å². The lowest BCUT2D eigenvalue weighted by molar-refractivity contribution is -0.159. The standard InChI is InChI=1S/C17H14ClF2N3O3/c1-15(19,20)14(26)23-17-5-16(6-17,7-17)22-11-9(18)13(25)10-8(12(11)24)3-2-4-21-10/h2-4,22H,5-7H2,1H3,(H,23,26). The van der Waals surface area contributed by atoms with Gasteiger partial charge >= 0.3 is 5.92 Å². The molecule has 0 saturated heterocycles. The number of carbonyl (C=O) groups excluding carboxylic acids is 3. The Bertz CT molecular complexity index is 887. The summed E-state index contributed by atoms with van der Waals surface area (Å²) < 4.78 is 26.1. The third-order valence-electron chi connectivity index (χ3n) is 5.11. The minimum absolute atomic E-state index is 0.00221. The van der Waals surface area contributed by atoms with E-state index in [9.17, 15) is 23.2 Å². The predicted octanol–water partition coefficient (Wildman–Crippen LogP) is 1.95. The maximum absolute atomic E-state index is 13.0. The Morgan fingerprint density at radius 3 is 2.50 bits per heavy atom. The number of aromatic nitrogens is 1. The molecule has 0 atom stereocenters. The molecule has 0 aliphatic heterocycles. The molecule has 1 amide bonds. The normalized spacial score (nSPS) is 29.5. The first-order valence-corrected chi connectivity index (χ1v) is 8.37. The van der Waals surface area contributed by atoms with E-state index in [1.165, 1.54) is 12.3 Å². The highest BCUT2D eigenvalue weighted by atomic mass is 35.5. The Balaban J connectivity index is 1.49. The highest BCUT2D eigenvalue weighted by Gasteiger charge is 2.70. The topological polar surface area (TPSA) is 88.2 Å². The zero-order valence-electron chi connectivity index (χ0n) is 13.7. The number of amides is 1. The van der Waals surface area contributed by atoms with Crippen molar-refractivity contribution in [2.75, 3.05) is 0 Å². The number of rotatable bonds is 4. The maximum atomic E-state index is 13.0. The van der Waals surface area contributed by atoms with E-state index < -0.39 is 34.5 Å². The van der Waals surface area contributed by atoms with E-state index in [1.807, 2.05) is 0 Å². The Labute approximate surface area is 152 Å². The first-order valence-electron chi connectivity index (χ1n) is 7.99. The Kier molecular flexibility index (Phi) is 3.35. The van der Waals surface area contributed by atoms with Crippen LogP contribution in [-0.4, -0.2) is 39.5 Å². The fourth-order valence-corrected chi connectivity index (χ4v) is 4.22. The number of fused-ring (bicyclic) bond motifs is 1. The molecule has 1 heterocycles. The fourth-order valence-electron chi connectivity index (χ4n) is 4.00. The molecule has 0 spiro atoms. The second-order valence-electron chi connectivity index (χ2n) is 7.31. The molecular weight excluding hydrogens is 368 g/mol. The highest BCUT2D eigenvalue weighted by Crippen LogP contribution is 2.61. The van der Waals surface area contributed by atoms with Crippen molar-refractivity contribution in [3.63, 3.8) is 0 Å². The van der Waals surface area contributed by atoms with Gasteiger partial charge in [-0.15, -0.1) is 0 Å². The molecule has 0 unspecified atom stereocenters. The van der Waals surface area contributed by atoms with Crippen molar-refractivity contribution < 1.29 is 23.2 Å².